The second-order valence-corrected chi connectivity index (χ2v) is 7.21. The van der Waals surface area contributed by atoms with Crippen molar-refractivity contribution in [3.8, 4) is 0 Å². The van der Waals surface area contributed by atoms with Crippen LogP contribution in [0.4, 0.5) is 4.79 Å². The van der Waals surface area contributed by atoms with Crippen LogP contribution in [0.3, 0.4) is 0 Å². The fourth-order valence-electron chi connectivity index (χ4n) is 3.23. The maximum atomic E-state index is 12.5. The van der Waals surface area contributed by atoms with Gasteiger partial charge in [-0.3, -0.25) is 14.5 Å². The van der Waals surface area contributed by atoms with Gasteiger partial charge in [0.05, 0.1) is 11.8 Å². The molecule has 0 unspecified atom stereocenters. The number of aliphatic hydroxyl groups excluding tert-OH is 1. The van der Waals surface area contributed by atoms with Crippen LogP contribution in [0.5, 0.6) is 0 Å². The monoisotopic (exact) mass is 350 g/mol. The van der Waals surface area contributed by atoms with E-state index in [9.17, 15) is 19.5 Å². The molecule has 4 amide bonds. The molecule has 0 bridgehead atoms. The number of carbonyl (C=O) groups is 3. The van der Waals surface area contributed by atoms with Crippen molar-refractivity contribution in [1.82, 2.24) is 20.3 Å². The van der Waals surface area contributed by atoms with Crippen molar-refractivity contribution < 1.29 is 24.0 Å². The van der Waals surface area contributed by atoms with E-state index in [1.54, 1.807) is 19.9 Å². The fourth-order valence-corrected chi connectivity index (χ4v) is 3.23. The zero-order chi connectivity index (χ0) is 18.4. The minimum Gasteiger partial charge on any atom is -0.391 e. The molecule has 2 aliphatic rings. The highest BCUT2D eigenvalue weighted by Gasteiger charge is 2.46. The van der Waals surface area contributed by atoms with Crippen LogP contribution in [0, 0.1) is 12.8 Å². The van der Waals surface area contributed by atoms with Crippen molar-refractivity contribution in [2.75, 3.05) is 19.6 Å². The molecular formula is C16H22N4O5. The minimum atomic E-state index is -1.01. The molecular weight excluding hydrogens is 328 g/mol. The number of carbonyl (C=O) groups excluding carboxylic acids is 3. The van der Waals surface area contributed by atoms with Crippen LogP contribution in [0.25, 0.3) is 0 Å². The van der Waals surface area contributed by atoms with Gasteiger partial charge in [0.1, 0.15) is 17.8 Å². The minimum absolute atomic E-state index is 0.170. The lowest BCUT2D eigenvalue weighted by Crippen LogP contribution is -2.44. The average Bonchev–Trinajstić information content (AvgIpc) is 3.14. The normalized spacial score (nSPS) is 25.6. The van der Waals surface area contributed by atoms with Crippen LogP contribution in [0.15, 0.2) is 10.6 Å². The number of aromatic nitrogens is 1. The Bertz CT molecular complexity index is 713. The molecule has 2 atom stereocenters. The first-order valence-corrected chi connectivity index (χ1v) is 8.19. The van der Waals surface area contributed by atoms with Gasteiger partial charge in [0.2, 0.25) is 5.91 Å². The lowest BCUT2D eigenvalue weighted by atomic mass is 10.0. The summed E-state index contributed by atoms with van der Waals surface area (Å²) in [6.45, 7) is 5.18. The summed E-state index contributed by atoms with van der Waals surface area (Å²) in [7, 11) is 0. The van der Waals surface area contributed by atoms with Crippen LogP contribution < -0.4 is 5.32 Å². The smallest absolute Gasteiger partial charge is 0.325 e. The third-order valence-corrected chi connectivity index (χ3v) is 4.64. The molecule has 0 radical (unpaired) electrons. The molecule has 9 heteroatoms. The number of aryl methyl sites for hydroxylation is 1. The number of aliphatic hydroxyl groups is 1. The number of urea groups is 1. The molecule has 2 N–H and O–H groups in total. The predicted octanol–water partition coefficient (Wildman–Crippen LogP) is -0.325. The molecule has 1 aromatic rings. The van der Waals surface area contributed by atoms with E-state index in [1.165, 1.54) is 4.90 Å². The Kier molecular flexibility index (Phi) is 4.28. The van der Waals surface area contributed by atoms with E-state index in [-0.39, 0.29) is 24.9 Å². The van der Waals surface area contributed by atoms with Gasteiger partial charge in [-0.15, -0.1) is 0 Å². The Morgan fingerprint density at radius 1 is 1.44 bits per heavy atom. The molecule has 136 valence electrons. The highest BCUT2D eigenvalue weighted by Crippen LogP contribution is 2.23. The molecule has 0 aliphatic carbocycles. The highest BCUT2D eigenvalue weighted by molar-refractivity contribution is 6.08. The zero-order valence-electron chi connectivity index (χ0n) is 14.5. The molecule has 1 aromatic heterocycles. The molecule has 25 heavy (non-hydrogen) atoms. The first-order valence-electron chi connectivity index (χ1n) is 8.19. The summed E-state index contributed by atoms with van der Waals surface area (Å²) in [5.74, 6) is -0.307. The Balaban J connectivity index is 1.60. The van der Waals surface area contributed by atoms with Gasteiger partial charge in [0.25, 0.3) is 5.91 Å². The topological polar surface area (TPSA) is 116 Å². The van der Waals surface area contributed by atoms with Gasteiger partial charge in [-0.05, 0) is 20.8 Å². The summed E-state index contributed by atoms with van der Waals surface area (Å²) in [4.78, 5) is 38.9. The summed E-state index contributed by atoms with van der Waals surface area (Å²) >= 11 is 0. The van der Waals surface area contributed by atoms with E-state index in [2.05, 4.69) is 10.5 Å². The number of hydrogen-bond donors (Lipinski definition) is 2. The Hall–Kier alpha value is -2.42. The Morgan fingerprint density at radius 3 is 2.72 bits per heavy atom. The van der Waals surface area contributed by atoms with Gasteiger partial charge in [-0.25, -0.2) is 4.79 Å². The lowest BCUT2D eigenvalue weighted by molar-refractivity contribution is -0.138. The summed E-state index contributed by atoms with van der Waals surface area (Å²) in [5, 5.41) is 16.6. The largest absolute Gasteiger partial charge is 0.391 e. The number of amides is 4. The van der Waals surface area contributed by atoms with E-state index in [4.69, 9.17) is 4.52 Å². The van der Waals surface area contributed by atoms with E-state index < -0.39 is 23.6 Å². The molecule has 2 aliphatic heterocycles. The van der Waals surface area contributed by atoms with Crippen molar-refractivity contribution in [2.24, 2.45) is 5.92 Å². The standard InChI is InChI=1S/C16H22N4O5/c1-9-4-11(25-18-9)5-10-6-19(7-12(10)21)13(22)8-20-14(23)16(2,3)17-15(20)24/h4,10,12,21H,5-8H2,1-3H3,(H,17,24)/t10-,12+/m1/s1. The van der Waals surface area contributed by atoms with E-state index in [1.807, 2.05) is 6.92 Å². The molecule has 0 spiro atoms. The van der Waals surface area contributed by atoms with Crippen molar-refractivity contribution in [1.29, 1.82) is 0 Å². The van der Waals surface area contributed by atoms with E-state index >= 15 is 0 Å². The van der Waals surface area contributed by atoms with Gasteiger partial charge >= 0.3 is 6.03 Å². The second-order valence-electron chi connectivity index (χ2n) is 7.21. The van der Waals surface area contributed by atoms with Crippen molar-refractivity contribution in [3.63, 3.8) is 0 Å². The molecule has 0 saturated carbocycles. The SMILES string of the molecule is Cc1cc(C[C@@H]2CN(C(=O)CN3C(=O)NC(C)(C)C3=O)C[C@@H]2O)on1. The summed E-state index contributed by atoms with van der Waals surface area (Å²) in [6, 6.07) is 1.23. The van der Waals surface area contributed by atoms with Crippen LogP contribution in [-0.4, -0.2) is 69.2 Å². The molecule has 2 fully saturated rings. The van der Waals surface area contributed by atoms with Crippen LogP contribution >= 0.6 is 0 Å². The summed E-state index contributed by atoms with van der Waals surface area (Å²) < 4.78 is 5.16. The van der Waals surface area contributed by atoms with Gasteiger partial charge < -0.3 is 19.8 Å². The lowest BCUT2D eigenvalue weighted by Gasteiger charge is -2.20. The fraction of sp³-hybridized carbons (Fsp3) is 0.625. The maximum absolute atomic E-state index is 12.5. The number of nitrogens with one attached hydrogen (secondary N) is 1. The van der Waals surface area contributed by atoms with Crippen molar-refractivity contribution in [3.05, 3.63) is 17.5 Å². The van der Waals surface area contributed by atoms with Crippen LogP contribution in [-0.2, 0) is 16.0 Å². The predicted molar refractivity (Wildman–Crippen MR) is 85.3 cm³/mol. The van der Waals surface area contributed by atoms with Crippen molar-refractivity contribution in [2.45, 2.75) is 38.8 Å². The van der Waals surface area contributed by atoms with Gasteiger partial charge in [0.15, 0.2) is 0 Å². The molecule has 9 nitrogen and oxygen atoms in total. The molecule has 2 saturated heterocycles. The average molecular weight is 350 g/mol. The number of β-amino-alcohol motifs (C(OH)–C–C–N with tert-alkyl or cyclic N) is 1. The number of likely N-dealkylation sites (tertiary alicyclic amines) is 1. The number of rotatable bonds is 4. The third-order valence-electron chi connectivity index (χ3n) is 4.64. The highest BCUT2D eigenvalue weighted by atomic mass is 16.5. The summed E-state index contributed by atoms with van der Waals surface area (Å²) in [6.07, 6.45) is -0.212. The molecule has 3 rings (SSSR count). The van der Waals surface area contributed by atoms with E-state index in [0.717, 1.165) is 10.6 Å². The molecule has 3 heterocycles. The Labute approximate surface area is 144 Å². The van der Waals surface area contributed by atoms with Gasteiger partial charge in [-0.2, -0.15) is 0 Å². The zero-order valence-corrected chi connectivity index (χ0v) is 14.5. The van der Waals surface area contributed by atoms with E-state index in [0.29, 0.717) is 18.7 Å². The Morgan fingerprint density at radius 2 is 2.16 bits per heavy atom. The van der Waals surface area contributed by atoms with Crippen LogP contribution in [0.2, 0.25) is 0 Å². The quantitative estimate of drug-likeness (QED) is 0.719. The number of hydrogen-bond acceptors (Lipinski definition) is 6. The third kappa shape index (κ3) is 3.37. The number of nitrogens with zero attached hydrogens (tertiary/aromatic N) is 3. The van der Waals surface area contributed by atoms with Gasteiger partial charge in [0, 0.05) is 31.5 Å². The second kappa shape index (κ2) is 6.14. The number of imide groups is 1. The summed E-state index contributed by atoms with van der Waals surface area (Å²) in [5.41, 5.74) is -0.245. The van der Waals surface area contributed by atoms with Crippen LogP contribution in [0.1, 0.15) is 25.3 Å². The maximum Gasteiger partial charge on any atom is 0.325 e. The van der Waals surface area contributed by atoms with Gasteiger partial charge in [-0.1, -0.05) is 5.16 Å². The van der Waals surface area contributed by atoms with Crippen molar-refractivity contribution >= 4 is 17.8 Å². The molecule has 0 aromatic carbocycles. The first kappa shape index (κ1) is 17.4. The first-order chi connectivity index (χ1) is 11.7.